The average molecular weight is 451 g/mol. The van der Waals surface area contributed by atoms with Gasteiger partial charge in [0.25, 0.3) is 0 Å². The van der Waals surface area contributed by atoms with E-state index >= 15 is 0 Å². The second-order valence-electron chi connectivity index (χ2n) is 9.49. The van der Waals surface area contributed by atoms with Crippen molar-refractivity contribution in [2.45, 2.75) is 49.3 Å². The van der Waals surface area contributed by atoms with Crippen LogP contribution in [0, 0.1) is 0 Å². The van der Waals surface area contributed by atoms with Crippen LogP contribution in [0.25, 0.3) is 0 Å². The fourth-order valence-corrected chi connectivity index (χ4v) is 5.68. The van der Waals surface area contributed by atoms with E-state index in [1.54, 1.807) is 24.1 Å². The van der Waals surface area contributed by atoms with Crippen molar-refractivity contribution in [2.24, 2.45) is 0 Å². The zero-order valence-electron chi connectivity index (χ0n) is 19.3. The second-order valence-corrected chi connectivity index (χ2v) is 9.49. The van der Waals surface area contributed by atoms with Crippen molar-refractivity contribution >= 4 is 6.09 Å². The quantitative estimate of drug-likeness (QED) is 0.649. The summed E-state index contributed by atoms with van der Waals surface area (Å²) in [5.41, 5.74) is 0.371. The Morgan fingerprint density at radius 1 is 1.24 bits per heavy atom. The summed E-state index contributed by atoms with van der Waals surface area (Å²) in [5.74, 6) is 0.190. The van der Waals surface area contributed by atoms with E-state index in [9.17, 15) is 15.0 Å². The Hall–Kier alpha value is -2.83. The SMILES string of the molecule is C=CCN1CC[C@@]2(c3cccc(O)c3)C[C@H](N(C)C(=O)OCc3ccccc3)CC[C@]2(O)C1. The fourth-order valence-electron chi connectivity index (χ4n) is 5.68. The number of hydrogen-bond acceptors (Lipinski definition) is 5. The monoisotopic (exact) mass is 450 g/mol. The summed E-state index contributed by atoms with van der Waals surface area (Å²) in [5, 5.41) is 22.2. The highest BCUT2D eigenvalue weighted by Gasteiger charge is 2.58. The molecular formula is C27H34N2O4. The Morgan fingerprint density at radius 2 is 2.03 bits per heavy atom. The van der Waals surface area contributed by atoms with Gasteiger partial charge < -0.3 is 19.8 Å². The van der Waals surface area contributed by atoms with Crippen LogP contribution in [-0.4, -0.2) is 64.4 Å². The van der Waals surface area contributed by atoms with Crippen molar-refractivity contribution in [3.05, 3.63) is 78.4 Å². The minimum absolute atomic E-state index is 0.0677. The number of nitrogens with zero attached hydrogens (tertiary/aromatic N) is 2. The lowest BCUT2D eigenvalue weighted by Gasteiger charge is -2.58. The number of likely N-dealkylation sites (tertiary alicyclic amines) is 1. The maximum atomic E-state index is 12.9. The van der Waals surface area contributed by atoms with Crippen molar-refractivity contribution in [1.29, 1.82) is 0 Å². The molecule has 0 spiro atoms. The van der Waals surface area contributed by atoms with Gasteiger partial charge in [-0.1, -0.05) is 48.5 Å². The number of ether oxygens (including phenoxy) is 1. The highest BCUT2D eigenvalue weighted by atomic mass is 16.6. The van der Waals surface area contributed by atoms with Gasteiger partial charge in [-0.25, -0.2) is 4.79 Å². The van der Waals surface area contributed by atoms with Crippen LogP contribution in [0.3, 0.4) is 0 Å². The van der Waals surface area contributed by atoms with Crippen molar-refractivity contribution in [3.63, 3.8) is 0 Å². The first kappa shape index (κ1) is 23.3. The molecule has 33 heavy (non-hydrogen) atoms. The number of benzene rings is 2. The van der Waals surface area contributed by atoms with E-state index in [4.69, 9.17) is 4.74 Å². The predicted octanol–water partition coefficient (Wildman–Crippen LogP) is 4.07. The summed E-state index contributed by atoms with van der Waals surface area (Å²) in [4.78, 5) is 16.8. The van der Waals surface area contributed by atoms with Crippen molar-refractivity contribution in [3.8, 4) is 5.75 Å². The molecular weight excluding hydrogens is 416 g/mol. The van der Waals surface area contributed by atoms with Crippen LogP contribution in [0.5, 0.6) is 5.75 Å². The Bertz CT molecular complexity index is 981. The van der Waals surface area contributed by atoms with Gasteiger partial charge in [0, 0.05) is 31.6 Å². The van der Waals surface area contributed by atoms with E-state index in [1.807, 2.05) is 48.5 Å². The van der Waals surface area contributed by atoms with Gasteiger partial charge in [0.1, 0.15) is 12.4 Å². The Balaban J connectivity index is 1.56. The van der Waals surface area contributed by atoms with Gasteiger partial charge in [0.15, 0.2) is 0 Å². The number of fused-ring (bicyclic) bond motifs is 1. The molecule has 1 amide bonds. The number of carbonyl (C=O) groups is 1. The largest absolute Gasteiger partial charge is 0.508 e. The first-order chi connectivity index (χ1) is 15.9. The van der Waals surface area contributed by atoms with Crippen molar-refractivity contribution < 1.29 is 19.7 Å². The number of phenolic OH excluding ortho intramolecular Hbond substituents is 1. The highest BCUT2D eigenvalue weighted by molar-refractivity contribution is 5.67. The zero-order valence-corrected chi connectivity index (χ0v) is 19.3. The molecule has 0 aromatic heterocycles. The number of β-amino-alcohol motifs (C(OH)–C–C–N with tert-alkyl or cyclic N) is 1. The maximum absolute atomic E-state index is 12.9. The summed E-state index contributed by atoms with van der Waals surface area (Å²) in [7, 11) is 1.78. The molecule has 1 heterocycles. The summed E-state index contributed by atoms with van der Waals surface area (Å²) < 4.78 is 5.58. The van der Waals surface area contributed by atoms with Crippen LogP contribution < -0.4 is 0 Å². The number of aliphatic hydroxyl groups is 1. The maximum Gasteiger partial charge on any atom is 0.410 e. The van der Waals surface area contributed by atoms with E-state index in [0.717, 1.165) is 30.6 Å². The van der Waals surface area contributed by atoms with Gasteiger partial charge in [-0.05, 0) is 55.5 Å². The third-order valence-electron chi connectivity index (χ3n) is 7.53. The number of amides is 1. The average Bonchev–Trinajstić information content (AvgIpc) is 2.82. The van der Waals surface area contributed by atoms with Gasteiger partial charge >= 0.3 is 6.09 Å². The van der Waals surface area contributed by atoms with E-state index in [-0.39, 0.29) is 24.5 Å². The first-order valence-corrected chi connectivity index (χ1v) is 11.7. The molecule has 3 atom stereocenters. The van der Waals surface area contributed by atoms with Crippen LogP contribution in [0.15, 0.2) is 67.3 Å². The Morgan fingerprint density at radius 3 is 2.76 bits per heavy atom. The van der Waals surface area contributed by atoms with Gasteiger partial charge in [-0.3, -0.25) is 4.90 Å². The number of phenols is 1. The van der Waals surface area contributed by atoms with Crippen molar-refractivity contribution in [2.75, 3.05) is 26.7 Å². The molecule has 0 unspecified atom stereocenters. The van der Waals surface area contributed by atoms with E-state index < -0.39 is 11.0 Å². The Labute approximate surface area is 196 Å². The molecule has 4 rings (SSSR count). The molecule has 2 aromatic rings. The summed E-state index contributed by atoms with van der Waals surface area (Å²) in [6.45, 7) is 6.17. The molecule has 1 saturated carbocycles. The first-order valence-electron chi connectivity index (χ1n) is 11.7. The lowest BCUT2D eigenvalue weighted by molar-refractivity contribution is -0.130. The lowest BCUT2D eigenvalue weighted by atomic mass is 9.55. The molecule has 0 radical (unpaired) electrons. The van der Waals surface area contributed by atoms with E-state index in [2.05, 4.69) is 11.5 Å². The molecule has 2 aliphatic rings. The van der Waals surface area contributed by atoms with Crippen LogP contribution in [0.1, 0.15) is 36.8 Å². The van der Waals surface area contributed by atoms with Crippen LogP contribution in [0.2, 0.25) is 0 Å². The fraction of sp³-hybridized carbons (Fsp3) is 0.444. The van der Waals surface area contributed by atoms with Crippen LogP contribution >= 0.6 is 0 Å². The van der Waals surface area contributed by atoms with Gasteiger partial charge in [-0.2, -0.15) is 0 Å². The van der Waals surface area contributed by atoms with Crippen LogP contribution in [0.4, 0.5) is 4.79 Å². The summed E-state index contributed by atoms with van der Waals surface area (Å²) in [6, 6.07) is 16.8. The second kappa shape index (κ2) is 9.57. The molecule has 1 aliphatic heterocycles. The van der Waals surface area contributed by atoms with Crippen LogP contribution in [-0.2, 0) is 16.8 Å². The summed E-state index contributed by atoms with van der Waals surface area (Å²) in [6.07, 6.45) is 4.13. The van der Waals surface area contributed by atoms with Crippen molar-refractivity contribution in [1.82, 2.24) is 9.80 Å². The van der Waals surface area contributed by atoms with Gasteiger partial charge in [0.05, 0.1) is 5.60 Å². The standard InChI is InChI=1S/C27H34N2O4/c1-3-15-29-16-14-26(22-10-7-11-24(30)17-22)18-23(12-13-27(26,32)20-29)28(2)25(31)33-19-21-8-5-4-6-9-21/h3-11,17,23,30,32H,1,12-16,18-20H2,2H3/t23-,26+,27+/m1/s1. The molecule has 0 bridgehead atoms. The van der Waals surface area contributed by atoms with E-state index in [0.29, 0.717) is 25.8 Å². The minimum Gasteiger partial charge on any atom is -0.508 e. The molecule has 176 valence electrons. The third kappa shape index (κ3) is 4.63. The molecule has 2 fully saturated rings. The molecule has 1 aliphatic carbocycles. The Kier molecular flexibility index (Phi) is 6.77. The molecule has 6 heteroatoms. The molecule has 6 nitrogen and oxygen atoms in total. The lowest BCUT2D eigenvalue weighted by Crippen LogP contribution is -2.67. The third-order valence-corrected chi connectivity index (χ3v) is 7.53. The topological polar surface area (TPSA) is 73.2 Å². The highest BCUT2D eigenvalue weighted by Crippen LogP contribution is 2.52. The predicted molar refractivity (Wildman–Crippen MR) is 128 cm³/mol. The zero-order chi connectivity index (χ0) is 23.5. The number of carbonyl (C=O) groups excluding carboxylic acids is 1. The summed E-state index contributed by atoms with van der Waals surface area (Å²) >= 11 is 0. The number of rotatable bonds is 6. The van der Waals surface area contributed by atoms with Gasteiger partial charge in [0.2, 0.25) is 0 Å². The number of piperidine rings is 1. The van der Waals surface area contributed by atoms with E-state index in [1.165, 1.54) is 0 Å². The smallest absolute Gasteiger partial charge is 0.410 e. The molecule has 2 N–H and O–H groups in total. The normalized spacial score (nSPS) is 27.4. The number of aromatic hydroxyl groups is 1. The number of hydrogen-bond donors (Lipinski definition) is 2. The van der Waals surface area contributed by atoms with Gasteiger partial charge in [-0.15, -0.1) is 6.58 Å². The minimum atomic E-state index is -0.951. The molecule has 2 aromatic carbocycles. The molecule has 1 saturated heterocycles.